The van der Waals surface area contributed by atoms with Crippen LogP contribution in [0.5, 0.6) is 5.75 Å². The van der Waals surface area contributed by atoms with Crippen molar-refractivity contribution < 1.29 is 14.3 Å². The largest absolute Gasteiger partial charge is 0.495 e. The first-order chi connectivity index (χ1) is 19.1. The molecule has 2 amide bonds. The van der Waals surface area contributed by atoms with E-state index in [1.807, 2.05) is 36.4 Å². The molecule has 1 saturated carbocycles. The minimum atomic E-state index is -0.0498. The molecule has 2 fully saturated rings. The lowest BCUT2D eigenvalue weighted by molar-refractivity contribution is -0.117. The van der Waals surface area contributed by atoms with E-state index in [0.29, 0.717) is 17.7 Å². The fraction of sp³-hybridized carbons (Fsp3) is 0.576. The third-order valence-corrected chi connectivity index (χ3v) is 8.01. The maximum atomic E-state index is 13.6. The van der Waals surface area contributed by atoms with Gasteiger partial charge in [-0.3, -0.25) is 9.59 Å². The fourth-order valence-electron chi connectivity index (χ4n) is 6.31. The molecule has 1 heterocycles. The molecule has 1 unspecified atom stereocenters. The number of anilines is 3. The number of nitrogens with one attached hydrogen (secondary N) is 2. The molecule has 0 spiro atoms. The molecule has 7 nitrogen and oxygen atoms in total. The van der Waals surface area contributed by atoms with Gasteiger partial charge in [-0.1, -0.05) is 59.1 Å². The Hall–Kier alpha value is -3.22. The highest BCUT2D eigenvalue weighted by atomic mass is 16.5. The predicted octanol–water partition coefficient (Wildman–Crippen LogP) is 6.49. The zero-order valence-electron chi connectivity index (χ0n) is 25.1. The first-order valence-electron chi connectivity index (χ1n) is 15.0. The summed E-state index contributed by atoms with van der Waals surface area (Å²) in [5.41, 5.74) is 3.52. The summed E-state index contributed by atoms with van der Waals surface area (Å²) in [6, 6.07) is 14.1. The lowest BCUT2D eigenvalue weighted by Crippen LogP contribution is -2.47. The van der Waals surface area contributed by atoms with Crippen LogP contribution in [0, 0.1) is 11.3 Å². The highest BCUT2D eigenvalue weighted by molar-refractivity contribution is 6.02. The summed E-state index contributed by atoms with van der Waals surface area (Å²) in [6.45, 7) is 12.0. The number of carbonyl (C=O) groups is 2. The number of ether oxygens (including phenoxy) is 1. The van der Waals surface area contributed by atoms with Crippen molar-refractivity contribution in [1.82, 2.24) is 5.32 Å². The van der Waals surface area contributed by atoms with Crippen LogP contribution in [-0.2, 0) is 4.79 Å². The average molecular weight is 549 g/mol. The van der Waals surface area contributed by atoms with Gasteiger partial charge in [0.15, 0.2) is 0 Å². The molecule has 2 aromatic carbocycles. The number of hydrogen-bond acceptors (Lipinski definition) is 5. The highest BCUT2D eigenvalue weighted by Gasteiger charge is 2.26. The van der Waals surface area contributed by atoms with Crippen molar-refractivity contribution in [3.63, 3.8) is 0 Å². The zero-order valence-corrected chi connectivity index (χ0v) is 25.1. The summed E-state index contributed by atoms with van der Waals surface area (Å²) in [7, 11) is 1.71. The normalized spacial score (nSPS) is 17.3. The lowest BCUT2D eigenvalue weighted by Gasteiger charge is -2.38. The van der Waals surface area contributed by atoms with Crippen LogP contribution in [0.3, 0.4) is 0 Å². The minimum absolute atomic E-state index is 0.00596. The predicted molar refractivity (Wildman–Crippen MR) is 165 cm³/mol. The number of benzene rings is 2. The standard InChI is InChI=1S/C33H48N4O3/c1-24(23-33(2,3)4)21-31(38)34-26-15-16-28(27(22-26)32(39)35-25-11-7-6-8-12-25)36-17-19-37(20-18-36)29-13-9-10-14-30(29)40-5/h9-10,13-16,22,24-25H,6-8,11-12,17-21,23H2,1-5H3,(H,34,38)(H,35,39). The Morgan fingerprint density at radius 2 is 1.60 bits per heavy atom. The summed E-state index contributed by atoms with van der Waals surface area (Å²) >= 11 is 0. The molecule has 1 aliphatic heterocycles. The average Bonchev–Trinajstić information content (AvgIpc) is 2.92. The molecule has 1 aliphatic carbocycles. The molecule has 7 heteroatoms. The topological polar surface area (TPSA) is 73.9 Å². The number of para-hydroxylation sites is 2. The van der Waals surface area contributed by atoms with Crippen molar-refractivity contribution in [2.24, 2.45) is 11.3 Å². The molecule has 2 aliphatic rings. The molecule has 218 valence electrons. The molecule has 0 aromatic heterocycles. The van der Waals surface area contributed by atoms with Crippen LogP contribution >= 0.6 is 0 Å². The van der Waals surface area contributed by atoms with Gasteiger partial charge in [0.2, 0.25) is 5.91 Å². The molecule has 1 saturated heterocycles. The van der Waals surface area contributed by atoms with E-state index < -0.39 is 0 Å². The van der Waals surface area contributed by atoms with Crippen molar-refractivity contribution in [3.05, 3.63) is 48.0 Å². The Kier molecular flexibility index (Phi) is 9.99. The van der Waals surface area contributed by atoms with Crippen molar-refractivity contribution >= 4 is 28.9 Å². The fourth-order valence-corrected chi connectivity index (χ4v) is 6.31. The molecule has 1 atom stereocenters. The quantitative estimate of drug-likeness (QED) is 0.375. The molecule has 0 bridgehead atoms. The Morgan fingerprint density at radius 3 is 2.25 bits per heavy atom. The van der Waals surface area contributed by atoms with Gasteiger partial charge in [-0.05, 0) is 60.9 Å². The SMILES string of the molecule is COc1ccccc1N1CCN(c2ccc(NC(=O)CC(C)CC(C)(C)C)cc2C(=O)NC2CCCCC2)CC1. The minimum Gasteiger partial charge on any atom is -0.495 e. The highest BCUT2D eigenvalue weighted by Crippen LogP contribution is 2.32. The molecule has 40 heavy (non-hydrogen) atoms. The van der Waals surface area contributed by atoms with Gasteiger partial charge in [0.05, 0.1) is 18.4 Å². The van der Waals surface area contributed by atoms with Crippen molar-refractivity contribution in [1.29, 1.82) is 0 Å². The lowest BCUT2D eigenvalue weighted by atomic mass is 9.84. The maximum absolute atomic E-state index is 13.6. The van der Waals surface area contributed by atoms with Crippen molar-refractivity contribution in [2.45, 2.75) is 78.7 Å². The van der Waals surface area contributed by atoms with Gasteiger partial charge in [-0.25, -0.2) is 0 Å². The second-order valence-corrected chi connectivity index (χ2v) is 12.8. The summed E-state index contributed by atoms with van der Waals surface area (Å²) in [5.74, 6) is 1.10. The van der Waals surface area contributed by atoms with E-state index in [2.05, 4.69) is 54.2 Å². The van der Waals surface area contributed by atoms with Crippen molar-refractivity contribution in [2.75, 3.05) is 48.4 Å². The number of piperazine rings is 1. The van der Waals surface area contributed by atoms with E-state index in [0.717, 1.165) is 75.4 Å². The molecular formula is C33H48N4O3. The number of rotatable bonds is 9. The first kappa shape index (κ1) is 29.8. The van der Waals surface area contributed by atoms with E-state index in [1.165, 1.54) is 6.42 Å². The molecule has 2 aromatic rings. The van der Waals surface area contributed by atoms with E-state index in [4.69, 9.17) is 4.74 Å². The van der Waals surface area contributed by atoms with Gasteiger partial charge < -0.3 is 25.2 Å². The van der Waals surface area contributed by atoms with Gasteiger partial charge in [0, 0.05) is 50.0 Å². The molecule has 2 N–H and O–H groups in total. The molecular weight excluding hydrogens is 500 g/mol. The summed E-state index contributed by atoms with van der Waals surface area (Å²) in [6.07, 6.45) is 7.06. The Labute approximate surface area is 240 Å². The van der Waals surface area contributed by atoms with Gasteiger partial charge in [-0.15, -0.1) is 0 Å². The number of methoxy groups -OCH3 is 1. The third-order valence-electron chi connectivity index (χ3n) is 8.01. The second-order valence-electron chi connectivity index (χ2n) is 12.8. The van der Waals surface area contributed by atoms with Crippen LogP contribution in [0.1, 0.15) is 83.0 Å². The van der Waals surface area contributed by atoms with E-state index in [1.54, 1.807) is 7.11 Å². The number of nitrogens with zero attached hydrogens (tertiary/aromatic N) is 2. The maximum Gasteiger partial charge on any atom is 0.253 e. The summed E-state index contributed by atoms with van der Waals surface area (Å²) < 4.78 is 5.58. The third kappa shape index (κ3) is 8.15. The summed E-state index contributed by atoms with van der Waals surface area (Å²) in [5, 5.41) is 6.37. The van der Waals surface area contributed by atoms with Gasteiger partial charge in [0.1, 0.15) is 5.75 Å². The number of hydrogen-bond donors (Lipinski definition) is 2. The Morgan fingerprint density at radius 1 is 0.950 bits per heavy atom. The van der Waals surface area contributed by atoms with Gasteiger partial charge >= 0.3 is 0 Å². The van der Waals surface area contributed by atoms with Crippen LogP contribution in [-0.4, -0.2) is 51.1 Å². The van der Waals surface area contributed by atoms with Gasteiger partial charge in [-0.2, -0.15) is 0 Å². The van der Waals surface area contributed by atoms with E-state index in [-0.39, 0.29) is 29.2 Å². The van der Waals surface area contributed by atoms with Crippen LogP contribution < -0.4 is 25.2 Å². The number of carbonyl (C=O) groups excluding carboxylic acids is 2. The monoisotopic (exact) mass is 548 g/mol. The van der Waals surface area contributed by atoms with E-state index >= 15 is 0 Å². The number of amides is 2. The second kappa shape index (κ2) is 13.4. The molecule has 0 radical (unpaired) electrons. The van der Waals surface area contributed by atoms with Crippen LogP contribution in [0.15, 0.2) is 42.5 Å². The molecule has 4 rings (SSSR count). The zero-order chi connectivity index (χ0) is 28.7. The Bertz CT molecular complexity index is 1140. The van der Waals surface area contributed by atoms with Crippen LogP contribution in [0.25, 0.3) is 0 Å². The van der Waals surface area contributed by atoms with Crippen LogP contribution in [0.4, 0.5) is 17.1 Å². The van der Waals surface area contributed by atoms with Crippen molar-refractivity contribution in [3.8, 4) is 5.75 Å². The van der Waals surface area contributed by atoms with Gasteiger partial charge in [0.25, 0.3) is 5.91 Å². The van der Waals surface area contributed by atoms with Crippen LogP contribution in [0.2, 0.25) is 0 Å². The first-order valence-corrected chi connectivity index (χ1v) is 15.0. The smallest absolute Gasteiger partial charge is 0.253 e. The van der Waals surface area contributed by atoms with E-state index in [9.17, 15) is 9.59 Å². The summed E-state index contributed by atoms with van der Waals surface area (Å²) in [4.78, 5) is 31.1. The Balaban J connectivity index is 1.49.